The van der Waals surface area contributed by atoms with Crippen molar-refractivity contribution in [3.63, 3.8) is 0 Å². The number of methoxy groups -OCH3 is 1. The van der Waals surface area contributed by atoms with Gasteiger partial charge in [0, 0.05) is 19.3 Å². The van der Waals surface area contributed by atoms with E-state index in [1.807, 2.05) is 42.6 Å². The van der Waals surface area contributed by atoms with Crippen LogP contribution in [0, 0.1) is 0 Å². The second kappa shape index (κ2) is 8.17. The van der Waals surface area contributed by atoms with Crippen molar-refractivity contribution >= 4 is 11.4 Å². The molecule has 0 spiro atoms. The molecule has 0 saturated carbocycles. The standard InChI is InChI=1S/C24H24N2O2/c1-18-13-15-26(16-19-8-10-21(27-2)11-9-19)24-23(18)22(12-14-25-24)28-17-20-6-4-3-5-7-20/h3-12,14H,1,13,15-17H2,2H3. The molecule has 0 atom stereocenters. The molecule has 4 rings (SSSR count). The number of rotatable bonds is 6. The molecule has 1 aromatic heterocycles. The molecule has 142 valence electrons. The summed E-state index contributed by atoms with van der Waals surface area (Å²) >= 11 is 0. The van der Waals surface area contributed by atoms with Gasteiger partial charge in [-0.3, -0.25) is 0 Å². The molecule has 0 amide bonds. The van der Waals surface area contributed by atoms with E-state index >= 15 is 0 Å². The minimum absolute atomic E-state index is 0.531. The lowest BCUT2D eigenvalue weighted by molar-refractivity contribution is 0.304. The van der Waals surface area contributed by atoms with Crippen molar-refractivity contribution in [1.82, 2.24) is 4.98 Å². The molecule has 4 heteroatoms. The number of pyridine rings is 1. The van der Waals surface area contributed by atoms with Gasteiger partial charge in [-0.15, -0.1) is 0 Å². The van der Waals surface area contributed by atoms with Gasteiger partial charge in [0.15, 0.2) is 0 Å². The Balaban J connectivity index is 1.57. The Morgan fingerprint density at radius 3 is 2.54 bits per heavy atom. The highest BCUT2D eigenvalue weighted by Crippen LogP contribution is 2.39. The Bertz CT molecular complexity index is 952. The summed E-state index contributed by atoms with van der Waals surface area (Å²) in [6, 6.07) is 20.3. The van der Waals surface area contributed by atoms with Gasteiger partial charge < -0.3 is 14.4 Å². The van der Waals surface area contributed by atoms with E-state index in [1.54, 1.807) is 7.11 Å². The van der Waals surface area contributed by atoms with Crippen LogP contribution in [-0.2, 0) is 13.2 Å². The maximum absolute atomic E-state index is 6.15. The fraction of sp³-hybridized carbons (Fsp3) is 0.208. The lowest BCUT2D eigenvalue weighted by Crippen LogP contribution is -2.29. The Hall–Kier alpha value is -3.27. The molecule has 0 bridgehead atoms. The summed E-state index contributed by atoms with van der Waals surface area (Å²) in [6.07, 6.45) is 2.72. The van der Waals surface area contributed by atoms with Crippen LogP contribution in [0.25, 0.3) is 5.57 Å². The van der Waals surface area contributed by atoms with E-state index in [2.05, 4.69) is 40.7 Å². The zero-order valence-corrected chi connectivity index (χ0v) is 16.1. The molecule has 1 aliphatic rings. The first-order valence-electron chi connectivity index (χ1n) is 9.46. The highest BCUT2D eigenvalue weighted by Gasteiger charge is 2.24. The lowest BCUT2D eigenvalue weighted by atomic mass is 9.99. The van der Waals surface area contributed by atoms with Crippen LogP contribution in [0.15, 0.2) is 73.4 Å². The van der Waals surface area contributed by atoms with Crippen LogP contribution in [-0.4, -0.2) is 18.6 Å². The summed E-state index contributed by atoms with van der Waals surface area (Å²) in [6.45, 7) is 6.49. The molecule has 4 nitrogen and oxygen atoms in total. The molecule has 0 unspecified atom stereocenters. The highest BCUT2D eigenvalue weighted by atomic mass is 16.5. The van der Waals surface area contributed by atoms with Crippen LogP contribution < -0.4 is 14.4 Å². The number of hydrogen-bond donors (Lipinski definition) is 0. The average Bonchev–Trinajstić information content (AvgIpc) is 2.75. The molecule has 1 aliphatic heterocycles. The fourth-order valence-electron chi connectivity index (χ4n) is 3.47. The number of ether oxygens (including phenoxy) is 2. The minimum Gasteiger partial charge on any atom is -0.497 e. The first kappa shape index (κ1) is 18.1. The summed E-state index contributed by atoms with van der Waals surface area (Å²) in [5, 5.41) is 0. The van der Waals surface area contributed by atoms with Crippen LogP contribution in [0.2, 0.25) is 0 Å². The van der Waals surface area contributed by atoms with Gasteiger partial charge in [0.05, 0.1) is 12.7 Å². The van der Waals surface area contributed by atoms with Crippen molar-refractivity contribution < 1.29 is 9.47 Å². The van der Waals surface area contributed by atoms with Crippen molar-refractivity contribution in [2.24, 2.45) is 0 Å². The van der Waals surface area contributed by atoms with Crippen molar-refractivity contribution in [3.8, 4) is 11.5 Å². The summed E-state index contributed by atoms with van der Waals surface area (Å²) in [4.78, 5) is 6.95. The van der Waals surface area contributed by atoms with E-state index in [4.69, 9.17) is 9.47 Å². The molecule has 3 aromatic rings. The van der Waals surface area contributed by atoms with E-state index in [-0.39, 0.29) is 0 Å². The molecule has 0 aliphatic carbocycles. The zero-order chi connectivity index (χ0) is 19.3. The average molecular weight is 372 g/mol. The first-order valence-corrected chi connectivity index (χ1v) is 9.46. The molecule has 2 heterocycles. The van der Waals surface area contributed by atoms with E-state index in [9.17, 15) is 0 Å². The summed E-state index contributed by atoms with van der Waals surface area (Å²) in [7, 11) is 1.68. The van der Waals surface area contributed by atoms with Gasteiger partial charge in [-0.25, -0.2) is 4.98 Å². The lowest BCUT2D eigenvalue weighted by Gasteiger charge is -2.32. The van der Waals surface area contributed by atoms with Crippen molar-refractivity contribution in [3.05, 3.63) is 90.1 Å². The van der Waals surface area contributed by atoms with Gasteiger partial charge in [-0.05, 0) is 41.3 Å². The van der Waals surface area contributed by atoms with Crippen molar-refractivity contribution in [2.75, 3.05) is 18.6 Å². The minimum atomic E-state index is 0.531. The topological polar surface area (TPSA) is 34.6 Å². The quantitative estimate of drug-likeness (QED) is 0.603. The summed E-state index contributed by atoms with van der Waals surface area (Å²) in [5.74, 6) is 2.65. The Labute approximate surface area is 166 Å². The number of benzene rings is 2. The largest absolute Gasteiger partial charge is 0.497 e. The summed E-state index contributed by atoms with van der Waals surface area (Å²) < 4.78 is 11.4. The van der Waals surface area contributed by atoms with Crippen molar-refractivity contribution in [2.45, 2.75) is 19.6 Å². The van der Waals surface area contributed by atoms with Gasteiger partial charge >= 0.3 is 0 Å². The van der Waals surface area contributed by atoms with Gasteiger partial charge in [-0.1, -0.05) is 49.0 Å². The molecule has 0 N–H and O–H groups in total. The smallest absolute Gasteiger partial charge is 0.140 e. The second-order valence-corrected chi connectivity index (χ2v) is 6.91. The van der Waals surface area contributed by atoms with Gasteiger partial charge in [0.1, 0.15) is 23.9 Å². The second-order valence-electron chi connectivity index (χ2n) is 6.91. The third-order valence-corrected chi connectivity index (χ3v) is 5.00. The van der Waals surface area contributed by atoms with Crippen LogP contribution in [0.3, 0.4) is 0 Å². The monoisotopic (exact) mass is 372 g/mol. The third kappa shape index (κ3) is 3.86. The van der Waals surface area contributed by atoms with Crippen LogP contribution in [0.5, 0.6) is 11.5 Å². The van der Waals surface area contributed by atoms with Crippen LogP contribution >= 0.6 is 0 Å². The number of anilines is 1. The van der Waals surface area contributed by atoms with E-state index < -0.39 is 0 Å². The number of nitrogens with zero attached hydrogens (tertiary/aromatic N) is 2. The number of hydrogen-bond acceptors (Lipinski definition) is 4. The van der Waals surface area contributed by atoms with E-state index in [0.29, 0.717) is 6.61 Å². The van der Waals surface area contributed by atoms with E-state index in [0.717, 1.165) is 53.5 Å². The maximum atomic E-state index is 6.15. The van der Waals surface area contributed by atoms with Gasteiger partial charge in [0.25, 0.3) is 0 Å². The first-order chi connectivity index (χ1) is 13.7. The van der Waals surface area contributed by atoms with Crippen LogP contribution in [0.4, 0.5) is 5.82 Å². The predicted molar refractivity (Wildman–Crippen MR) is 113 cm³/mol. The zero-order valence-electron chi connectivity index (χ0n) is 16.1. The maximum Gasteiger partial charge on any atom is 0.140 e. The molecule has 0 fully saturated rings. The molecule has 2 aromatic carbocycles. The molecular weight excluding hydrogens is 348 g/mol. The normalized spacial score (nSPS) is 13.2. The number of fused-ring (bicyclic) bond motifs is 1. The fourth-order valence-corrected chi connectivity index (χ4v) is 3.47. The molecular formula is C24H24N2O2. The highest BCUT2D eigenvalue weighted by molar-refractivity contribution is 5.80. The molecule has 28 heavy (non-hydrogen) atoms. The Kier molecular flexibility index (Phi) is 5.29. The Morgan fingerprint density at radius 2 is 1.79 bits per heavy atom. The Morgan fingerprint density at radius 1 is 1.00 bits per heavy atom. The predicted octanol–water partition coefficient (Wildman–Crippen LogP) is 5.09. The van der Waals surface area contributed by atoms with E-state index in [1.165, 1.54) is 5.56 Å². The van der Waals surface area contributed by atoms with Gasteiger partial charge in [0.2, 0.25) is 0 Å². The van der Waals surface area contributed by atoms with Crippen LogP contribution in [0.1, 0.15) is 23.1 Å². The number of aromatic nitrogens is 1. The third-order valence-electron chi connectivity index (χ3n) is 5.00. The van der Waals surface area contributed by atoms with Gasteiger partial charge in [-0.2, -0.15) is 0 Å². The molecule has 0 saturated heterocycles. The SMILES string of the molecule is C=C1CCN(Cc2ccc(OC)cc2)c2nccc(OCc3ccccc3)c21. The molecule has 0 radical (unpaired) electrons. The summed E-state index contributed by atoms with van der Waals surface area (Å²) in [5.41, 5.74) is 4.47. The van der Waals surface area contributed by atoms with Crippen molar-refractivity contribution in [1.29, 1.82) is 0 Å².